The normalized spacial score (nSPS) is 15.8. The Hall–Kier alpha value is -1.22. The topological polar surface area (TPSA) is 33.2 Å². The highest BCUT2D eigenvalue weighted by atomic mass is 16.1. The van der Waals surface area contributed by atoms with Crippen molar-refractivity contribution in [1.29, 1.82) is 0 Å². The molecule has 0 saturated heterocycles. The minimum absolute atomic E-state index is 0.539. The fraction of sp³-hybridized carbons (Fsp3) is 0.400. The van der Waals surface area contributed by atoms with E-state index in [1.54, 1.807) is 0 Å². The molecule has 0 amide bonds. The van der Waals surface area contributed by atoms with E-state index in [2.05, 4.69) is 16.8 Å². The number of pyridine rings is 1. The van der Waals surface area contributed by atoms with E-state index < -0.39 is 0 Å². The summed E-state index contributed by atoms with van der Waals surface area (Å²) in [6.45, 7) is 5.11. The van der Waals surface area contributed by atoms with Gasteiger partial charge in [-0.15, -0.1) is 0 Å². The lowest BCUT2D eigenvalue weighted by molar-refractivity contribution is 0.111. The molecule has 68 valence electrons. The molecule has 1 aromatic rings. The molecule has 3 heteroatoms. The Labute approximate surface area is 77.4 Å². The van der Waals surface area contributed by atoms with Crippen LogP contribution in [0.3, 0.4) is 0 Å². The monoisotopic (exact) mass is 176 g/mol. The first-order valence-electron chi connectivity index (χ1n) is 4.49. The third-order valence-corrected chi connectivity index (χ3v) is 2.46. The van der Waals surface area contributed by atoms with Crippen LogP contribution in [0.5, 0.6) is 0 Å². The molecule has 1 aromatic heterocycles. The Morgan fingerprint density at radius 1 is 1.54 bits per heavy atom. The van der Waals surface area contributed by atoms with Crippen LogP contribution in [-0.2, 0) is 13.1 Å². The van der Waals surface area contributed by atoms with Crippen LogP contribution in [-0.4, -0.2) is 22.7 Å². The van der Waals surface area contributed by atoms with Crippen LogP contribution in [0.15, 0.2) is 12.3 Å². The van der Waals surface area contributed by atoms with Crippen LogP contribution in [0.1, 0.15) is 28.5 Å². The zero-order valence-electron chi connectivity index (χ0n) is 7.66. The molecule has 0 N–H and O–H groups in total. The van der Waals surface area contributed by atoms with Crippen molar-refractivity contribution in [3.05, 3.63) is 29.1 Å². The van der Waals surface area contributed by atoms with Crippen molar-refractivity contribution >= 4 is 6.29 Å². The third kappa shape index (κ3) is 1.47. The van der Waals surface area contributed by atoms with Gasteiger partial charge in [0.2, 0.25) is 0 Å². The number of carbonyl (C=O) groups excluding carboxylic acids is 1. The maximum atomic E-state index is 10.5. The summed E-state index contributed by atoms with van der Waals surface area (Å²) < 4.78 is 0. The molecule has 0 atom stereocenters. The lowest BCUT2D eigenvalue weighted by Gasteiger charge is -2.09. The van der Waals surface area contributed by atoms with E-state index in [-0.39, 0.29) is 0 Å². The number of fused-ring (bicyclic) bond motifs is 1. The third-order valence-electron chi connectivity index (χ3n) is 2.46. The van der Waals surface area contributed by atoms with Gasteiger partial charge in [0.15, 0.2) is 6.29 Å². The maximum absolute atomic E-state index is 10.5. The SMILES string of the molecule is CCN1Cc2cnc(C=O)cc2C1. The van der Waals surface area contributed by atoms with Gasteiger partial charge in [0.25, 0.3) is 0 Å². The molecule has 3 nitrogen and oxygen atoms in total. The first-order chi connectivity index (χ1) is 6.33. The molecule has 2 heterocycles. The van der Waals surface area contributed by atoms with Gasteiger partial charge in [-0.25, -0.2) is 0 Å². The van der Waals surface area contributed by atoms with E-state index in [0.29, 0.717) is 5.69 Å². The second-order valence-electron chi connectivity index (χ2n) is 3.30. The van der Waals surface area contributed by atoms with Crippen molar-refractivity contribution in [3.8, 4) is 0 Å². The molecule has 0 aliphatic carbocycles. The summed E-state index contributed by atoms with van der Waals surface area (Å²) in [5.74, 6) is 0. The van der Waals surface area contributed by atoms with Gasteiger partial charge in [-0.05, 0) is 23.7 Å². The second-order valence-corrected chi connectivity index (χ2v) is 3.30. The number of carbonyl (C=O) groups is 1. The molecule has 0 fully saturated rings. The van der Waals surface area contributed by atoms with Crippen LogP contribution < -0.4 is 0 Å². The van der Waals surface area contributed by atoms with Crippen molar-refractivity contribution in [2.45, 2.75) is 20.0 Å². The lowest BCUT2D eigenvalue weighted by atomic mass is 10.1. The number of hydrogen-bond donors (Lipinski definition) is 0. The van der Waals surface area contributed by atoms with Crippen LogP contribution in [0.25, 0.3) is 0 Å². The molecule has 0 bridgehead atoms. The Morgan fingerprint density at radius 3 is 3.00 bits per heavy atom. The lowest BCUT2D eigenvalue weighted by Crippen LogP contribution is -2.14. The van der Waals surface area contributed by atoms with Crippen LogP contribution in [0.4, 0.5) is 0 Å². The van der Waals surface area contributed by atoms with Gasteiger partial charge in [-0.2, -0.15) is 0 Å². The molecule has 0 aromatic carbocycles. The molecule has 13 heavy (non-hydrogen) atoms. The molecule has 1 aliphatic heterocycles. The second kappa shape index (κ2) is 3.26. The van der Waals surface area contributed by atoms with E-state index in [4.69, 9.17) is 0 Å². The van der Waals surface area contributed by atoms with Gasteiger partial charge in [0, 0.05) is 19.3 Å². The highest BCUT2D eigenvalue weighted by Gasteiger charge is 2.17. The van der Waals surface area contributed by atoms with Gasteiger partial charge in [-0.1, -0.05) is 6.92 Å². The van der Waals surface area contributed by atoms with Crippen LogP contribution in [0, 0.1) is 0 Å². The summed E-state index contributed by atoms with van der Waals surface area (Å²) >= 11 is 0. The Kier molecular flexibility index (Phi) is 2.10. The number of hydrogen-bond acceptors (Lipinski definition) is 3. The van der Waals surface area contributed by atoms with Crippen molar-refractivity contribution in [2.24, 2.45) is 0 Å². The quantitative estimate of drug-likeness (QED) is 0.635. The van der Waals surface area contributed by atoms with E-state index in [1.165, 1.54) is 11.1 Å². The summed E-state index contributed by atoms with van der Waals surface area (Å²) in [7, 11) is 0. The Balaban J connectivity index is 2.30. The molecule has 0 saturated carbocycles. The van der Waals surface area contributed by atoms with Gasteiger partial charge in [-0.3, -0.25) is 14.7 Å². The summed E-state index contributed by atoms with van der Waals surface area (Å²) in [5, 5.41) is 0. The van der Waals surface area contributed by atoms with Gasteiger partial charge >= 0.3 is 0 Å². The standard InChI is InChI=1S/C10H12N2O/c1-2-12-5-8-3-10(7-13)11-4-9(8)6-12/h3-4,7H,2,5-6H2,1H3. The fourth-order valence-corrected chi connectivity index (χ4v) is 1.66. The van der Waals surface area contributed by atoms with Crippen LogP contribution >= 0.6 is 0 Å². The zero-order valence-corrected chi connectivity index (χ0v) is 7.66. The minimum Gasteiger partial charge on any atom is -0.296 e. The Bertz CT molecular complexity index is 336. The van der Waals surface area contributed by atoms with Crippen LogP contribution in [0.2, 0.25) is 0 Å². The average Bonchev–Trinajstić information content (AvgIpc) is 2.58. The summed E-state index contributed by atoms with van der Waals surface area (Å²) in [6, 6.07) is 1.89. The van der Waals surface area contributed by atoms with E-state index >= 15 is 0 Å². The number of rotatable bonds is 2. The number of aldehydes is 1. The molecule has 2 rings (SSSR count). The van der Waals surface area contributed by atoms with Gasteiger partial charge in [0.05, 0.1) is 0 Å². The summed E-state index contributed by atoms with van der Waals surface area (Å²) in [5.41, 5.74) is 3.04. The van der Waals surface area contributed by atoms with E-state index in [0.717, 1.165) is 25.9 Å². The largest absolute Gasteiger partial charge is 0.296 e. The smallest absolute Gasteiger partial charge is 0.168 e. The molecular weight excluding hydrogens is 164 g/mol. The Morgan fingerprint density at radius 2 is 2.31 bits per heavy atom. The highest BCUT2D eigenvalue weighted by Crippen LogP contribution is 2.21. The summed E-state index contributed by atoms with van der Waals surface area (Å²) in [6.07, 6.45) is 2.61. The van der Waals surface area contributed by atoms with Crippen molar-refractivity contribution < 1.29 is 4.79 Å². The maximum Gasteiger partial charge on any atom is 0.168 e. The van der Waals surface area contributed by atoms with E-state index in [1.807, 2.05) is 12.3 Å². The van der Waals surface area contributed by atoms with Gasteiger partial charge < -0.3 is 0 Å². The predicted molar refractivity (Wildman–Crippen MR) is 49.4 cm³/mol. The van der Waals surface area contributed by atoms with Crippen molar-refractivity contribution in [1.82, 2.24) is 9.88 Å². The highest BCUT2D eigenvalue weighted by molar-refractivity contribution is 5.72. The first-order valence-corrected chi connectivity index (χ1v) is 4.49. The first kappa shape index (κ1) is 8.38. The zero-order chi connectivity index (χ0) is 9.26. The minimum atomic E-state index is 0.539. The molecule has 0 unspecified atom stereocenters. The summed E-state index contributed by atoms with van der Waals surface area (Å²) in [4.78, 5) is 16.8. The molecule has 0 spiro atoms. The van der Waals surface area contributed by atoms with Crippen molar-refractivity contribution in [2.75, 3.05) is 6.54 Å². The predicted octanol–water partition coefficient (Wildman–Crippen LogP) is 1.23. The number of nitrogens with zero attached hydrogens (tertiary/aromatic N) is 2. The van der Waals surface area contributed by atoms with E-state index in [9.17, 15) is 4.79 Å². The fourth-order valence-electron chi connectivity index (χ4n) is 1.66. The molecule has 0 radical (unpaired) electrons. The number of aromatic nitrogens is 1. The van der Waals surface area contributed by atoms with Crippen molar-refractivity contribution in [3.63, 3.8) is 0 Å². The molecular formula is C10H12N2O. The van der Waals surface area contributed by atoms with Gasteiger partial charge in [0.1, 0.15) is 5.69 Å². The molecule has 1 aliphatic rings. The average molecular weight is 176 g/mol.